The summed E-state index contributed by atoms with van der Waals surface area (Å²) in [6, 6.07) is 10.3. The van der Waals surface area contributed by atoms with Crippen LogP contribution in [0.25, 0.3) is 10.9 Å². The highest BCUT2D eigenvalue weighted by atomic mass is 16.6. The summed E-state index contributed by atoms with van der Waals surface area (Å²) in [5, 5.41) is 14.4. The number of aliphatic hydroxyl groups is 1. The zero-order chi connectivity index (χ0) is 42.6. The predicted molar refractivity (Wildman–Crippen MR) is 224 cm³/mol. The van der Waals surface area contributed by atoms with Crippen LogP contribution in [-0.2, 0) is 50.6 Å². The van der Waals surface area contributed by atoms with E-state index in [1.54, 1.807) is 13.2 Å². The van der Waals surface area contributed by atoms with Gasteiger partial charge in [-0.05, 0) is 79.7 Å². The molecule has 2 aromatic carbocycles. The second kappa shape index (κ2) is 14.2. The molecule has 2 bridgehead atoms. The van der Waals surface area contributed by atoms with Crippen LogP contribution in [0.4, 0.5) is 5.69 Å². The third kappa shape index (κ3) is 5.20. The van der Waals surface area contributed by atoms with Crippen molar-refractivity contribution < 1.29 is 43.2 Å². The molecule has 1 spiro atoms. The number of anilines is 1. The number of nitrogens with one attached hydrogen (secondary N) is 1. The Hall–Kier alpha value is -4.72. The monoisotopic (exact) mass is 822 g/mol. The van der Waals surface area contributed by atoms with E-state index in [1.807, 2.05) is 43.3 Å². The molecule has 6 heterocycles. The average molecular weight is 823 g/mol. The van der Waals surface area contributed by atoms with Gasteiger partial charge in [-0.3, -0.25) is 19.3 Å². The van der Waals surface area contributed by atoms with Gasteiger partial charge in [0.05, 0.1) is 33.1 Å². The highest BCUT2D eigenvalue weighted by Crippen LogP contribution is 2.68. The van der Waals surface area contributed by atoms with Gasteiger partial charge in [0.1, 0.15) is 11.2 Å². The number of aromatic amines is 1. The number of methoxy groups -OCH3 is 3. The molecule has 0 radical (unpaired) electrons. The third-order valence-corrected chi connectivity index (χ3v) is 15.9. The van der Waals surface area contributed by atoms with Gasteiger partial charge in [0, 0.05) is 78.2 Å². The van der Waals surface area contributed by atoms with Crippen molar-refractivity contribution in [2.24, 2.45) is 16.7 Å². The molecule has 13 nitrogen and oxygen atoms in total. The number of ether oxygens (including phenoxy) is 4. The lowest BCUT2D eigenvalue weighted by atomic mass is 9.47. The zero-order valence-corrected chi connectivity index (χ0v) is 35.8. The number of nitrogens with zero attached hydrogens (tertiary/aromatic N) is 3. The molecule has 2 N–H and O–H groups in total. The summed E-state index contributed by atoms with van der Waals surface area (Å²) in [5.74, 6) is -1.63. The Morgan fingerprint density at radius 1 is 0.983 bits per heavy atom. The number of rotatable bonds is 8. The fraction of sp³-hybridized carbons (Fsp3) is 0.574. The van der Waals surface area contributed by atoms with Gasteiger partial charge in [-0.1, -0.05) is 51.1 Å². The molecular weight excluding hydrogens is 765 g/mol. The van der Waals surface area contributed by atoms with Crippen molar-refractivity contribution in [3.63, 3.8) is 0 Å². The lowest BCUT2D eigenvalue weighted by Gasteiger charge is -2.63. The number of piperidine rings is 1. The summed E-state index contributed by atoms with van der Waals surface area (Å²) in [6.07, 6.45) is 7.15. The van der Waals surface area contributed by atoms with Gasteiger partial charge < -0.3 is 38.8 Å². The maximum atomic E-state index is 15.4. The Bertz CT molecular complexity index is 2310. The van der Waals surface area contributed by atoms with Crippen LogP contribution in [0.2, 0.25) is 0 Å². The second-order valence-electron chi connectivity index (χ2n) is 18.7. The van der Waals surface area contributed by atoms with Crippen molar-refractivity contribution in [3.8, 4) is 5.75 Å². The maximum absolute atomic E-state index is 15.4. The van der Waals surface area contributed by atoms with Crippen LogP contribution in [0, 0.1) is 16.7 Å². The number of fused-ring (bicyclic) bond motifs is 6. The van der Waals surface area contributed by atoms with Crippen molar-refractivity contribution in [2.75, 3.05) is 59.0 Å². The van der Waals surface area contributed by atoms with E-state index in [-0.39, 0.29) is 11.3 Å². The molecule has 2 saturated heterocycles. The Balaban J connectivity index is 1.38. The first-order chi connectivity index (χ1) is 28.8. The molecule has 10 atom stereocenters. The summed E-state index contributed by atoms with van der Waals surface area (Å²) < 4.78 is 23.8. The van der Waals surface area contributed by atoms with E-state index in [4.69, 9.17) is 18.9 Å². The van der Waals surface area contributed by atoms with Crippen molar-refractivity contribution in [2.45, 2.75) is 101 Å². The summed E-state index contributed by atoms with van der Waals surface area (Å²) in [7, 11) is 4.20. The summed E-state index contributed by atoms with van der Waals surface area (Å²) >= 11 is 0. The van der Waals surface area contributed by atoms with E-state index in [0.717, 1.165) is 54.6 Å². The standard InChI is InChI=1S/C47H58N4O9/c1-8-43(4)23-29-24-46(41(54)58-6,37-31(15-19-49(25-29)26-43)30-13-10-11-14-34(30)48-37)33-21-32-35(22-36(33)57-5)51(27-52)39-45(32)17-20-50-18-12-16-44(9-2,38(45)50)40(60-28(3)53)47(39,56)42(55)59-7/h10-14,16,21-22,27,29,38-40,48,56H,8-9,15,17-20,23-26H2,1-7H3/t29-,38-,39+,40+,43+,44+,45+,46-,47-/m0/s1. The SMILES string of the molecule is CC[C@]1(C)C[C@@H]2CN(CCc3c([nH]c4ccccc34)[C@@](C(=O)OC)(c3cc4c(cc3OC)N(C=O)[C@H]3[C@@](O)(C(=O)OC)[C@H](OC(C)=O)[C@]5(CC)C=CCN6CC[C@]43[C@@H]65)C2)C1. The molecule has 320 valence electrons. The minimum Gasteiger partial charge on any atom is -0.496 e. The largest absolute Gasteiger partial charge is 0.496 e. The van der Waals surface area contributed by atoms with Gasteiger partial charge in [0.15, 0.2) is 6.10 Å². The number of benzene rings is 2. The minimum atomic E-state index is -2.50. The number of carbonyl (C=O) groups is 4. The quantitative estimate of drug-likeness (QED) is 0.140. The molecule has 9 rings (SSSR count). The number of hydrogen-bond donors (Lipinski definition) is 2. The highest BCUT2D eigenvalue weighted by Gasteiger charge is 2.81. The molecule has 60 heavy (non-hydrogen) atoms. The average Bonchev–Trinajstić information content (AvgIpc) is 3.92. The van der Waals surface area contributed by atoms with E-state index in [9.17, 15) is 19.5 Å². The summed E-state index contributed by atoms with van der Waals surface area (Å²) in [4.78, 5) is 66.6. The Morgan fingerprint density at radius 2 is 1.75 bits per heavy atom. The molecule has 6 aliphatic rings. The molecular formula is C47H58N4O9. The van der Waals surface area contributed by atoms with Crippen LogP contribution in [-0.4, -0.2) is 122 Å². The summed E-state index contributed by atoms with van der Waals surface area (Å²) in [6.45, 7) is 11.6. The molecule has 13 heteroatoms. The molecule has 3 aromatic rings. The molecule has 5 aliphatic heterocycles. The van der Waals surface area contributed by atoms with Crippen LogP contribution < -0.4 is 9.64 Å². The number of esters is 3. The smallest absolute Gasteiger partial charge is 0.344 e. The molecule has 1 unspecified atom stereocenters. The topological polar surface area (TPSA) is 151 Å². The van der Waals surface area contributed by atoms with Gasteiger partial charge in [-0.2, -0.15) is 0 Å². The van der Waals surface area contributed by atoms with E-state index in [1.165, 1.54) is 26.0 Å². The first kappa shape index (κ1) is 40.7. The van der Waals surface area contributed by atoms with E-state index in [0.29, 0.717) is 67.7 Å². The van der Waals surface area contributed by atoms with Crippen molar-refractivity contribution in [3.05, 3.63) is 70.9 Å². The molecule has 1 saturated carbocycles. The zero-order valence-electron chi connectivity index (χ0n) is 35.8. The van der Waals surface area contributed by atoms with E-state index < -0.39 is 57.9 Å². The Kier molecular flexibility index (Phi) is 9.61. The van der Waals surface area contributed by atoms with Crippen molar-refractivity contribution in [1.29, 1.82) is 0 Å². The lowest BCUT2D eigenvalue weighted by Crippen LogP contribution is -2.81. The summed E-state index contributed by atoms with van der Waals surface area (Å²) in [5.41, 5.74) is -1.56. The molecule has 1 aromatic heterocycles. The maximum Gasteiger partial charge on any atom is 0.344 e. The number of hydrogen-bond acceptors (Lipinski definition) is 11. The van der Waals surface area contributed by atoms with E-state index >= 15 is 4.79 Å². The van der Waals surface area contributed by atoms with E-state index in [2.05, 4.69) is 34.7 Å². The Labute approximate surface area is 351 Å². The normalized spacial score (nSPS) is 36.5. The van der Waals surface area contributed by atoms with Crippen LogP contribution >= 0.6 is 0 Å². The van der Waals surface area contributed by atoms with Crippen molar-refractivity contribution in [1.82, 2.24) is 14.8 Å². The number of amides is 1. The Morgan fingerprint density at radius 3 is 2.43 bits per heavy atom. The van der Waals surface area contributed by atoms with Crippen molar-refractivity contribution >= 4 is 40.9 Å². The minimum absolute atomic E-state index is 0.0355. The number of H-pyrrole nitrogens is 1. The van der Waals surface area contributed by atoms with Crippen LogP contribution in [0.5, 0.6) is 5.75 Å². The van der Waals surface area contributed by atoms with Crippen LogP contribution in [0.1, 0.15) is 82.2 Å². The molecule has 3 fully saturated rings. The van der Waals surface area contributed by atoms with Gasteiger partial charge in [0.2, 0.25) is 12.0 Å². The van der Waals surface area contributed by atoms with Crippen LogP contribution in [0.3, 0.4) is 0 Å². The van der Waals surface area contributed by atoms with Gasteiger partial charge in [-0.15, -0.1) is 0 Å². The third-order valence-electron chi connectivity index (χ3n) is 15.9. The highest BCUT2D eigenvalue weighted by molar-refractivity contribution is 5.96. The number of aromatic nitrogens is 1. The number of carbonyl (C=O) groups excluding carboxylic acids is 4. The molecule has 1 aliphatic carbocycles. The predicted octanol–water partition coefficient (Wildman–Crippen LogP) is 4.79. The fourth-order valence-electron chi connectivity index (χ4n) is 13.6. The van der Waals surface area contributed by atoms with Crippen LogP contribution in [0.15, 0.2) is 48.6 Å². The second-order valence-corrected chi connectivity index (χ2v) is 18.7. The number of para-hydroxylation sites is 1. The van der Waals surface area contributed by atoms with Gasteiger partial charge in [0.25, 0.3) is 0 Å². The van der Waals surface area contributed by atoms with Gasteiger partial charge >= 0.3 is 17.9 Å². The van der Waals surface area contributed by atoms with Gasteiger partial charge in [-0.25, -0.2) is 4.79 Å². The first-order valence-corrected chi connectivity index (χ1v) is 21.5. The lowest BCUT2D eigenvalue weighted by molar-refractivity contribution is -0.228. The first-order valence-electron chi connectivity index (χ1n) is 21.5. The molecule has 1 amide bonds. The fourth-order valence-corrected chi connectivity index (χ4v) is 13.6.